The number of ether oxygens (including phenoxy) is 1. The summed E-state index contributed by atoms with van der Waals surface area (Å²) in [5, 5.41) is 11.5. The number of hydrogen-bond acceptors (Lipinski definition) is 2. The van der Waals surface area contributed by atoms with Gasteiger partial charge in [-0.2, -0.15) is 0 Å². The van der Waals surface area contributed by atoms with E-state index in [2.05, 4.69) is 0 Å². The van der Waals surface area contributed by atoms with Crippen molar-refractivity contribution in [1.82, 2.24) is 0 Å². The third kappa shape index (κ3) is 4.71. The van der Waals surface area contributed by atoms with Gasteiger partial charge < -0.3 is 15.2 Å². The van der Waals surface area contributed by atoms with Gasteiger partial charge in [0, 0.05) is 6.07 Å². The van der Waals surface area contributed by atoms with Gasteiger partial charge in [0.15, 0.2) is 0 Å². The van der Waals surface area contributed by atoms with Crippen LogP contribution in [0, 0.1) is 0 Å². The Morgan fingerprint density at radius 2 is 2.00 bits per heavy atom. The van der Waals surface area contributed by atoms with Crippen molar-refractivity contribution in [2.75, 3.05) is 26.3 Å². The summed E-state index contributed by atoms with van der Waals surface area (Å²) in [7, 11) is 0. The van der Waals surface area contributed by atoms with E-state index in [-0.39, 0.29) is 6.61 Å². The van der Waals surface area contributed by atoms with Gasteiger partial charge in [-0.1, -0.05) is 23.2 Å². The molecule has 1 aromatic carbocycles. The minimum Gasteiger partial charge on any atom is -0.488 e. The number of rotatable bonds is 6. The van der Waals surface area contributed by atoms with Crippen LogP contribution < -0.4 is 10.1 Å². The third-order valence-electron chi connectivity index (χ3n) is 1.81. The third-order valence-corrected chi connectivity index (χ3v) is 2.55. The van der Waals surface area contributed by atoms with E-state index < -0.39 is 0 Å². The molecule has 0 atom stereocenters. The van der Waals surface area contributed by atoms with Crippen LogP contribution in [0.5, 0.6) is 5.75 Å². The van der Waals surface area contributed by atoms with Crippen molar-refractivity contribution in [3.8, 4) is 5.75 Å². The Morgan fingerprint density at radius 1 is 1.20 bits per heavy atom. The van der Waals surface area contributed by atoms with Crippen LogP contribution >= 0.6 is 23.2 Å². The maximum Gasteiger partial charge on any atom is 0.137 e. The molecule has 3 N–H and O–H groups in total. The molecule has 1 rings (SSSR count). The van der Waals surface area contributed by atoms with E-state index in [0.29, 0.717) is 28.9 Å². The number of nitrogens with two attached hydrogens (primary N) is 1. The second kappa shape index (κ2) is 6.90. The fraction of sp³-hybridized carbons (Fsp3) is 0.400. The maximum absolute atomic E-state index is 8.55. The quantitative estimate of drug-likeness (QED) is 0.739. The molecule has 0 aliphatic rings. The molecule has 5 heteroatoms. The molecule has 0 radical (unpaired) electrons. The van der Waals surface area contributed by atoms with Crippen molar-refractivity contribution >= 4 is 23.2 Å². The van der Waals surface area contributed by atoms with Crippen molar-refractivity contribution in [2.24, 2.45) is 0 Å². The van der Waals surface area contributed by atoms with Gasteiger partial charge in [0.2, 0.25) is 0 Å². The molecule has 84 valence electrons. The van der Waals surface area contributed by atoms with E-state index in [1.807, 2.05) is 5.32 Å². The molecule has 0 spiro atoms. The molecule has 0 aliphatic heterocycles. The highest BCUT2D eigenvalue weighted by Crippen LogP contribution is 2.26. The largest absolute Gasteiger partial charge is 0.488 e. The minimum atomic E-state index is 0.187. The van der Waals surface area contributed by atoms with Crippen LogP contribution in [-0.2, 0) is 0 Å². The van der Waals surface area contributed by atoms with Gasteiger partial charge in [0.1, 0.15) is 18.9 Å². The summed E-state index contributed by atoms with van der Waals surface area (Å²) < 4.78 is 5.43. The van der Waals surface area contributed by atoms with Gasteiger partial charge in [-0.15, -0.1) is 0 Å². The Kier molecular flexibility index (Phi) is 5.79. The van der Waals surface area contributed by atoms with Crippen LogP contribution in [0.1, 0.15) is 0 Å². The number of halogens is 2. The van der Waals surface area contributed by atoms with Crippen LogP contribution in [0.25, 0.3) is 0 Å². The molecule has 0 heterocycles. The van der Waals surface area contributed by atoms with E-state index in [9.17, 15) is 0 Å². The first-order valence-electron chi connectivity index (χ1n) is 4.74. The number of hydrogen-bond donors (Lipinski definition) is 2. The predicted octanol–water partition coefficient (Wildman–Crippen LogP) is 0.928. The second-order valence-corrected chi connectivity index (χ2v) is 3.83. The Labute approximate surface area is 99.0 Å². The number of benzene rings is 1. The topological polar surface area (TPSA) is 46.1 Å². The number of aliphatic hydroxyl groups is 1. The highest BCUT2D eigenvalue weighted by Gasteiger charge is 2.00. The molecule has 0 unspecified atom stereocenters. The summed E-state index contributed by atoms with van der Waals surface area (Å²) in [4.78, 5) is 0. The fourth-order valence-electron chi connectivity index (χ4n) is 1.06. The molecule has 0 aliphatic carbocycles. The first kappa shape index (κ1) is 12.6. The van der Waals surface area contributed by atoms with Gasteiger partial charge in [-0.3, -0.25) is 0 Å². The molecular weight excluding hydrogens is 237 g/mol. The smallest absolute Gasteiger partial charge is 0.137 e. The van der Waals surface area contributed by atoms with E-state index in [4.69, 9.17) is 33.0 Å². The molecule has 15 heavy (non-hydrogen) atoms. The zero-order valence-electron chi connectivity index (χ0n) is 8.25. The van der Waals surface area contributed by atoms with E-state index in [1.54, 1.807) is 18.2 Å². The molecule has 0 fully saturated rings. The standard InChI is InChI=1S/C10H13Cl2NO2/c11-9-2-1-8(7-10(9)12)15-6-4-13-3-5-14/h1-2,7,13-14H,3-6H2/p+1. The van der Waals surface area contributed by atoms with Gasteiger partial charge in [0.05, 0.1) is 23.2 Å². The van der Waals surface area contributed by atoms with Gasteiger partial charge in [-0.25, -0.2) is 0 Å². The monoisotopic (exact) mass is 250 g/mol. The van der Waals surface area contributed by atoms with Gasteiger partial charge >= 0.3 is 0 Å². The van der Waals surface area contributed by atoms with Crippen LogP contribution in [-0.4, -0.2) is 31.4 Å². The highest BCUT2D eigenvalue weighted by molar-refractivity contribution is 6.42. The average Bonchev–Trinajstić information content (AvgIpc) is 2.23. The van der Waals surface area contributed by atoms with Crippen LogP contribution in [0.3, 0.4) is 0 Å². The van der Waals surface area contributed by atoms with Crippen molar-refractivity contribution < 1.29 is 15.2 Å². The Bertz CT molecular complexity index is 307. The zero-order valence-corrected chi connectivity index (χ0v) is 9.76. The molecule has 0 aromatic heterocycles. The lowest BCUT2D eigenvalue weighted by molar-refractivity contribution is -0.656. The van der Waals surface area contributed by atoms with Gasteiger partial charge in [-0.05, 0) is 12.1 Å². The first-order chi connectivity index (χ1) is 7.24. The molecule has 3 nitrogen and oxygen atoms in total. The summed E-state index contributed by atoms with van der Waals surface area (Å²) in [6.07, 6.45) is 0. The molecule has 0 bridgehead atoms. The van der Waals surface area contributed by atoms with Crippen molar-refractivity contribution in [3.63, 3.8) is 0 Å². The lowest BCUT2D eigenvalue weighted by atomic mass is 10.3. The predicted molar refractivity (Wildman–Crippen MR) is 60.7 cm³/mol. The van der Waals surface area contributed by atoms with Crippen molar-refractivity contribution in [3.05, 3.63) is 28.2 Å². The second-order valence-electron chi connectivity index (χ2n) is 3.01. The Morgan fingerprint density at radius 3 is 2.67 bits per heavy atom. The Balaban J connectivity index is 2.28. The van der Waals surface area contributed by atoms with Crippen LogP contribution in [0.15, 0.2) is 18.2 Å². The summed E-state index contributed by atoms with van der Waals surface area (Å²) in [5.74, 6) is 0.710. The maximum atomic E-state index is 8.55. The molecule has 0 amide bonds. The zero-order chi connectivity index (χ0) is 11.1. The first-order valence-corrected chi connectivity index (χ1v) is 5.50. The molecule has 0 saturated carbocycles. The van der Waals surface area contributed by atoms with Gasteiger partial charge in [0.25, 0.3) is 0 Å². The number of quaternary nitrogens is 1. The van der Waals surface area contributed by atoms with E-state index in [0.717, 1.165) is 6.54 Å². The molecule has 0 saturated heterocycles. The molecular formula is C10H14Cl2NO2+. The number of aliphatic hydroxyl groups excluding tert-OH is 1. The minimum absolute atomic E-state index is 0.187. The van der Waals surface area contributed by atoms with Crippen molar-refractivity contribution in [2.45, 2.75) is 0 Å². The SMILES string of the molecule is OCC[NH2+]CCOc1ccc(Cl)c(Cl)c1. The highest BCUT2D eigenvalue weighted by atomic mass is 35.5. The lowest BCUT2D eigenvalue weighted by Crippen LogP contribution is -2.86. The van der Waals surface area contributed by atoms with E-state index in [1.165, 1.54) is 0 Å². The summed E-state index contributed by atoms with van der Waals surface area (Å²) in [5.41, 5.74) is 0. The van der Waals surface area contributed by atoms with Crippen molar-refractivity contribution in [1.29, 1.82) is 0 Å². The lowest BCUT2D eigenvalue weighted by Gasteiger charge is -2.06. The summed E-state index contributed by atoms with van der Waals surface area (Å²) in [6.45, 7) is 2.27. The average molecular weight is 251 g/mol. The van der Waals surface area contributed by atoms with Crippen LogP contribution in [0.4, 0.5) is 0 Å². The van der Waals surface area contributed by atoms with E-state index >= 15 is 0 Å². The Hall–Kier alpha value is -0.480. The summed E-state index contributed by atoms with van der Waals surface area (Å²) >= 11 is 11.6. The summed E-state index contributed by atoms with van der Waals surface area (Å²) in [6, 6.07) is 5.17. The fourth-order valence-corrected chi connectivity index (χ4v) is 1.35. The van der Waals surface area contributed by atoms with Crippen LogP contribution in [0.2, 0.25) is 10.0 Å². The molecule has 1 aromatic rings. The normalized spacial score (nSPS) is 10.3.